The van der Waals surface area contributed by atoms with Crippen molar-refractivity contribution in [3.63, 3.8) is 0 Å². The minimum Gasteiger partial charge on any atom is -0.392 e. The van der Waals surface area contributed by atoms with Gasteiger partial charge in [-0.05, 0) is 55.2 Å². The van der Waals surface area contributed by atoms with E-state index in [0.717, 1.165) is 12.8 Å². The fraction of sp³-hybridized carbons (Fsp3) is 0.600. The number of nitrogens with one attached hydrogen (secondary N) is 1. The highest BCUT2D eigenvalue weighted by molar-refractivity contribution is 7.89. The number of hydrogen-bond donors (Lipinski definition) is 2. The van der Waals surface area contributed by atoms with Gasteiger partial charge >= 0.3 is 0 Å². The summed E-state index contributed by atoms with van der Waals surface area (Å²) in [5.74, 6) is 1.22. The van der Waals surface area contributed by atoms with Gasteiger partial charge < -0.3 is 5.11 Å². The van der Waals surface area contributed by atoms with Crippen molar-refractivity contribution in [3.05, 3.63) is 29.3 Å². The maximum Gasteiger partial charge on any atom is 0.241 e. The van der Waals surface area contributed by atoms with Gasteiger partial charge in [-0.25, -0.2) is 13.1 Å². The van der Waals surface area contributed by atoms with Gasteiger partial charge in [0.1, 0.15) is 0 Å². The van der Waals surface area contributed by atoms with Crippen molar-refractivity contribution in [2.24, 2.45) is 11.8 Å². The van der Waals surface area contributed by atoms with Gasteiger partial charge in [0.15, 0.2) is 0 Å². The number of benzene rings is 1. The largest absolute Gasteiger partial charge is 0.392 e. The minimum absolute atomic E-state index is 0.0935. The molecule has 2 bridgehead atoms. The molecule has 2 N–H and O–H groups in total. The Morgan fingerprint density at radius 3 is 2.70 bits per heavy atom. The summed E-state index contributed by atoms with van der Waals surface area (Å²) in [5.41, 5.74) is 1.31. The topological polar surface area (TPSA) is 66.4 Å². The van der Waals surface area contributed by atoms with E-state index in [1.54, 1.807) is 25.1 Å². The zero-order chi connectivity index (χ0) is 14.3. The van der Waals surface area contributed by atoms with E-state index in [9.17, 15) is 13.5 Å². The van der Waals surface area contributed by atoms with Gasteiger partial charge in [0.25, 0.3) is 0 Å². The Bertz CT molecular complexity index is 612. The molecule has 2 aliphatic carbocycles. The van der Waals surface area contributed by atoms with Crippen LogP contribution in [0.5, 0.6) is 0 Å². The number of rotatable bonds is 4. The predicted octanol–water partition coefficient (Wildman–Crippen LogP) is 1.95. The van der Waals surface area contributed by atoms with Gasteiger partial charge in [0.05, 0.1) is 11.5 Å². The molecule has 2 saturated carbocycles. The summed E-state index contributed by atoms with van der Waals surface area (Å²) in [6, 6.07) is 5.15. The Morgan fingerprint density at radius 2 is 2.10 bits per heavy atom. The summed E-state index contributed by atoms with van der Waals surface area (Å²) in [6.45, 7) is 1.62. The maximum atomic E-state index is 12.6. The van der Waals surface area contributed by atoms with E-state index in [-0.39, 0.29) is 12.6 Å². The summed E-state index contributed by atoms with van der Waals surface area (Å²) in [6.07, 6.45) is 4.54. The molecule has 1 aromatic rings. The SMILES string of the molecule is Cc1c(CO)cccc1S(=O)(=O)NC1CC2CCC1C2. The predicted molar refractivity (Wildman–Crippen MR) is 76.7 cm³/mol. The second-order valence-corrected chi connectivity index (χ2v) is 7.78. The Kier molecular flexibility index (Phi) is 3.60. The third kappa shape index (κ3) is 2.38. The molecule has 5 heteroatoms. The highest BCUT2D eigenvalue weighted by atomic mass is 32.2. The van der Waals surface area contributed by atoms with Crippen molar-refractivity contribution in [1.29, 1.82) is 0 Å². The molecule has 0 aromatic heterocycles. The van der Waals surface area contributed by atoms with E-state index >= 15 is 0 Å². The molecule has 0 amide bonds. The molecule has 1 aromatic carbocycles. The summed E-state index contributed by atoms with van der Waals surface area (Å²) >= 11 is 0. The fourth-order valence-electron chi connectivity index (χ4n) is 3.77. The first kappa shape index (κ1) is 14.0. The van der Waals surface area contributed by atoms with Gasteiger partial charge in [0.2, 0.25) is 10.0 Å². The third-order valence-electron chi connectivity index (χ3n) is 4.90. The Balaban J connectivity index is 1.85. The molecule has 0 saturated heterocycles. The third-order valence-corrected chi connectivity index (χ3v) is 6.54. The smallest absolute Gasteiger partial charge is 0.241 e. The first-order valence-electron chi connectivity index (χ1n) is 7.23. The lowest BCUT2D eigenvalue weighted by Gasteiger charge is -2.23. The van der Waals surface area contributed by atoms with Crippen molar-refractivity contribution in [3.8, 4) is 0 Å². The first-order valence-corrected chi connectivity index (χ1v) is 8.71. The van der Waals surface area contributed by atoms with Crippen LogP contribution in [-0.2, 0) is 16.6 Å². The molecular formula is C15H21NO3S. The van der Waals surface area contributed by atoms with E-state index in [1.807, 2.05) is 0 Å². The number of aliphatic hydroxyl groups excluding tert-OH is 1. The molecule has 3 unspecified atom stereocenters. The molecule has 110 valence electrons. The number of fused-ring (bicyclic) bond motifs is 2. The van der Waals surface area contributed by atoms with Gasteiger partial charge in [-0.2, -0.15) is 0 Å². The Labute approximate surface area is 120 Å². The van der Waals surface area contributed by atoms with Crippen LogP contribution in [0.3, 0.4) is 0 Å². The van der Waals surface area contributed by atoms with E-state index in [1.165, 1.54) is 12.8 Å². The van der Waals surface area contributed by atoms with Gasteiger partial charge in [-0.1, -0.05) is 18.6 Å². The van der Waals surface area contributed by atoms with Crippen molar-refractivity contribution in [1.82, 2.24) is 4.72 Å². The van der Waals surface area contributed by atoms with Crippen LogP contribution in [0.15, 0.2) is 23.1 Å². The molecule has 20 heavy (non-hydrogen) atoms. The summed E-state index contributed by atoms with van der Waals surface area (Å²) < 4.78 is 28.0. The van der Waals surface area contributed by atoms with Gasteiger partial charge in [-0.15, -0.1) is 0 Å². The fourth-order valence-corrected chi connectivity index (χ4v) is 5.38. The lowest BCUT2D eigenvalue weighted by atomic mass is 9.96. The van der Waals surface area contributed by atoms with E-state index in [4.69, 9.17) is 0 Å². The van der Waals surface area contributed by atoms with Crippen molar-refractivity contribution in [2.75, 3.05) is 0 Å². The van der Waals surface area contributed by atoms with E-state index < -0.39 is 10.0 Å². The van der Waals surface area contributed by atoms with Gasteiger partial charge in [-0.3, -0.25) is 0 Å². The molecule has 0 radical (unpaired) electrons. The molecular weight excluding hydrogens is 274 g/mol. The Hall–Kier alpha value is -0.910. The minimum atomic E-state index is -3.49. The van der Waals surface area contributed by atoms with Gasteiger partial charge in [0, 0.05) is 6.04 Å². The van der Waals surface area contributed by atoms with Crippen LogP contribution >= 0.6 is 0 Å². The average molecular weight is 295 g/mol. The van der Waals surface area contributed by atoms with Crippen LogP contribution in [0.4, 0.5) is 0 Å². The molecule has 0 aliphatic heterocycles. The molecule has 4 nitrogen and oxygen atoms in total. The van der Waals surface area contributed by atoms with Crippen molar-refractivity contribution < 1.29 is 13.5 Å². The molecule has 0 heterocycles. The second kappa shape index (κ2) is 5.13. The van der Waals surface area contributed by atoms with Crippen LogP contribution < -0.4 is 4.72 Å². The van der Waals surface area contributed by atoms with E-state index in [2.05, 4.69) is 4.72 Å². The zero-order valence-electron chi connectivity index (χ0n) is 11.7. The van der Waals surface area contributed by atoms with Crippen LogP contribution in [0.2, 0.25) is 0 Å². The number of hydrogen-bond acceptors (Lipinski definition) is 3. The zero-order valence-corrected chi connectivity index (χ0v) is 12.5. The summed E-state index contributed by atoms with van der Waals surface area (Å²) in [7, 11) is -3.49. The molecule has 2 fully saturated rings. The number of aliphatic hydroxyl groups is 1. The average Bonchev–Trinajstić information content (AvgIpc) is 3.00. The lowest BCUT2D eigenvalue weighted by molar-refractivity contribution is 0.280. The lowest BCUT2D eigenvalue weighted by Crippen LogP contribution is -2.38. The normalized spacial score (nSPS) is 29.0. The highest BCUT2D eigenvalue weighted by Crippen LogP contribution is 2.44. The molecule has 2 aliphatic rings. The second-order valence-electron chi connectivity index (χ2n) is 6.10. The standard InChI is InChI=1S/C15H21NO3S/c1-10-13(9-17)3-2-4-15(10)20(18,19)16-14-8-11-5-6-12(14)7-11/h2-4,11-12,14,16-17H,5-9H2,1H3. The highest BCUT2D eigenvalue weighted by Gasteiger charge is 2.41. The Morgan fingerprint density at radius 1 is 1.30 bits per heavy atom. The quantitative estimate of drug-likeness (QED) is 0.892. The van der Waals surface area contributed by atoms with Crippen LogP contribution in [0.1, 0.15) is 36.8 Å². The van der Waals surface area contributed by atoms with Crippen LogP contribution in [-0.4, -0.2) is 19.6 Å². The number of sulfonamides is 1. The van der Waals surface area contributed by atoms with Crippen LogP contribution in [0, 0.1) is 18.8 Å². The maximum absolute atomic E-state index is 12.6. The molecule has 3 atom stereocenters. The monoisotopic (exact) mass is 295 g/mol. The molecule has 3 rings (SSSR count). The van der Waals surface area contributed by atoms with Crippen LogP contribution in [0.25, 0.3) is 0 Å². The van der Waals surface area contributed by atoms with Crippen molar-refractivity contribution in [2.45, 2.75) is 50.2 Å². The molecule has 0 spiro atoms. The summed E-state index contributed by atoms with van der Waals surface area (Å²) in [4.78, 5) is 0.298. The first-order chi connectivity index (χ1) is 9.51. The van der Waals surface area contributed by atoms with E-state index in [0.29, 0.717) is 27.9 Å². The summed E-state index contributed by atoms with van der Waals surface area (Å²) in [5, 5.41) is 9.26. The van der Waals surface area contributed by atoms with Crippen molar-refractivity contribution >= 4 is 10.0 Å².